The van der Waals surface area contributed by atoms with Gasteiger partial charge in [0.15, 0.2) is 0 Å². The number of carbonyl (C=O) groups is 2. The average Bonchev–Trinajstić information content (AvgIpc) is 2.74. The number of nitrogens with one attached hydrogen (secondary N) is 1. The number of likely N-dealkylation sites (tertiary alicyclic amines) is 1. The number of amides is 2. The first-order chi connectivity index (χ1) is 8.58. The van der Waals surface area contributed by atoms with Gasteiger partial charge in [-0.15, -0.1) is 0 Å². The lowest BCUT2D eigenvalue weighted by Gasteiger charge is -2.32. The van der Waals surface area contributed by atoms with E-state index in [1.165, 1.54) is 0 Å². The summed E-state index contributed by atoms with van der Waals surface area (Å²) in [6.45, 7) is 9.61. The van der Waals surface area contributed by atoms with Gasteiger partial charge in [0.05, 0.1) is 12.1 Å². The second-order valence-electron chi connectivity index (χ2n) is 6.94. The van der Waals surface area contributed by atoms with Crippen LogP contribution >= 0.6 is 0 Å². The van der Waals surface area contributed by atoms with Crippen molar-refractivity contribution in [2.45, 2.75) is 59.0 Å². The first-order valence-corrected chi connectivity index (χ1v) is 6.82. The molecule has 2 N–H and O–H groups in total. The predicted molar refractivity (Wildman–Crippen MR) is 73.5 cm³/mol. The summed E-state index contributed by atoms with van der Waals surface area (Å²) >= 11 is 0. The predicted octanol–water partition coefficient (Wildman–Crippen LogP) is 0.911. The Bertz CT molecular complexity index is 358. The summed E-state index contributed by atoms with van der Waals surface area (Å²) in [5.74, 6) is -0.166. The van der Waals surface area contributed by atoms with Gasteiger partial charge in [-0.1, -0.05) is 20.8 Å². The van der Waals surface area contributed by atoms with Gasteiger partial charge in [-0.25, -0.2) is 0 Å². The van der Waals surface area contributed by atoms with Gasteiger partial charge in [-0.05, 0) is 26.7 Å². The maximum absolute atomic E-state index is 12.3. The molecule has 5 heteroatoms. The molecule has 1 unspecified atom stereocenters. The number of rotatable bonds is 3. The maximum Gasteiger partial charge on any atom is 0.243 e. The van der Waals surface area contributed by atoms with E-state index in [0.717, 1.165) is 6.42 Å². The van der Waals surface area contributed by atoms with Crippen LogP contribution in [0.1, 0.15) is 47.5 Å². The molecule has 1 rings (SSSR count). The van der Waals surface area contributed by atoms with E-state index < -0.39 is 17.0 Å². The van der Waals surface area contributed by atoms with Gasteiger partial charge in [-0.3, -0.25) is 9.59 Å². The maximum atomic E-state index is 12.3. The highest BCUT2D eigenvalue weighted by molar-refractivity contribution is 5.90. The van der Waals surface area contributed by atoms with E-state index in [-0.39, 0.29) is 18.4 Å². The molecule has 1 saturated heterocycles. The number of aliphatic hydroxyl groups is 1. The third-order valence-electron chi connectivity index (χ3n) is 3.31. The van der Waals surface area contributed by atoms with Crippen LogP contribution in [-0.4, -0.2) is 46.6 Å². The second-order valence-corrected chi connectivity index (χ2v) is 6.94. The molecule has 1 aliphatic heterocycles. The van der Waals surface area contributed by atoms with Crippen molar-refractivity contribution in [3.05, 3.63) is 0 Å². The molecule has 0 aromatic rings. The first kappa shape index (κ1) is 16.0. The van der Waals surface area contributed by atoms with Crippen LogP contribution in [0.15, 0.2) is 0 Å². The average molecular weight is 270 g/mol. The van der Waals surface area contributed by atoms with Crippen LogP contribution < -0.4 is 5.32 Å². The molecule has 0 aliphatic carbocycles. The summed E-state index contributed by atoms with van der Waals surface area (Å²) < 4.78 is 0. The Morgan fingerprint density at radius 2 is 1.84 bits per heavy atom. The second kappa shape index (κ2) is 5.49. The van der Waals surface area contributed by atoms with Crippen LogP contribution in [0, 0.1) is 5.41 Å². The largest absolute Gasteiger partial charge is 0.394 e. The molecule has 0 radical (unpaired) electrons. The van der Waals surface area contributed by atoms with Gasteiger partial charge in [0, 0.05) is 12.0 Å². The molecule has 5 nitrogen and oxygen atoms in total. The highest BCUT2D eigenvalue weighted by Crippen LogP contribution is 2.25. The standard InChI is InChI=1S/C14H26N2O3/c1-13(2,3)12(19)16-8-6-7-10(16)11(18)15-14(4,5)9-17/h10,17H,6-9H2,1-5H3,(H,15,18). The topological polar surface area (TPSA) is 69.6 Å². The molecule has 1 heterocycles. The van der Waals surface area contributed by atoms with Gasteiger partial charge in [-0.2, -0.15) is 0 Å². The van der Waals surface area contributed by atoms with E-state index in [1.54, 1.807) is 18.7 Å². The normalized spacial score (nSPS) is 20.5. The van der Waals surface area contributed by atoms with Crippen molar-refractivity contribution >= 4 is 11.8 Å². The number of aliphatic hydroxyl groups excluding tert-OH is 1. The van der Waals surface area contributed by atoms with E-state index in [4.69, 9.17) is 0 Å². The molecule has 0 spiro atoms. The van der Waals surface area contributed by atoms with E-state index in [0.29, 0.717) is 13.0 Å². The molecular formula is C14H26N2O3. The van der Waals surface area contributed by atoms with E-state index in [2.05, 4.69) is 5.32 Å². The van der Waals surface area contributed by atoms with E-state index in [9.17, 15) is 14.7 Å². The smallest absolute Gasteiger partial charge is 0.243 e. The van der Waals surface area contributed by atoms with Gasteiger partial charge < -0.3 is 15.3 Å². The molecule has 0 aromatic heterocycles. The summed E-state index contributed by atoms with van der Waals surface area (Å²) in [4.78, 5) is 26.2. The van der Waals surface area contributed by atoms with Crippen LogP contribution in [0.5, 0.6) is 0 Å². The lowest BCUT2D eigenvalue weighted by Crippen LogP contribution is -2.55. The third kappa shape index (κ3) is 3.93. The zero-order valence-corrected chi connectivity index (χ0v) is 12.6. The minimum Gasteiger partial charge on any atom is -0.394 e. The fourth-order valence-corrected chi connectivity index (χ4v) is 2.17. The van der Waals surface area contributed by atoms with Crippen molar-refractivity contribution in [3.8, 4) is 0 Å². The Hall–Kier alpha value is -1.10. The number of hydrogen-bond donors (Lipinski definition) is 2. The molecule has 19 heavy (non-hydrogen) atoms. The van der Waals surface area contributed by atoms with E-state index >= 15 is 0 Å². The number of nitrogens with zero attached hydrogens (tertiary/aromatic N) is 1. The minimum absolute atomic E-state index is 0.00644. The minimum atomic E-state index is -0.657. The fraction of sp³-hybridized carbons (Fsp3) is 0.857. The van der Waals surface area contributed by atoms with E-state index in [1.807, 2.05) is 20.8 Å². The summed E-state index contributed by atoms with van der Waals surface area (Å²) in [5, 5.41) is 12.0. The zero-order valence-electron chi connectivity index (χ0n) is 12.6. The summed E-state index contributed by atoms with van der Waals surface area (Å²) in [6.07, 6.45) is 1.54. The van der Waals surface area contributed by atoms with Gasteiger partial charge in [0.2, 0.25) is 11.8 Å². The summed E-state index contributed by atoms with van der Waals surface area (Å²) in [5.41, 5.74) is -1.13. The van der Waals surface area contributed by atoms with Crippen LogP contribution in [0.4, 0.5) is 0 Å². The number of carbonyl (C=O) groups excluding carboxylic acids is 2. The summed E-state index contributed by atoms with van der Waals surface area (Å²) in [7, 11) is 0. The molecule has 0 saturated carbocycles. The summed E-state index contributed by atoms with van der Waals surface area (Å²) in [6, 6.07) is -0.405. The lowest BCUT2D eigenvalue weighted by atomic mass is 9.94. The SMILES string of the molecule is CC(C)(CO)NC(=O)C1CCCN1C(=O)C(C)(C)C. The molecule has 1 aliphatic rings. The van der Waals surface area contributed by atoms with Crippen molar-refractivity contribution in [1.29, 1.82) is 0 Å². The molecule has 0 bridgehead atoms. The third-order valence-corrected chi connectivity index (χ3v) is 3.31. The molecule has 110 valence electrons. The van der Waals surface area contributed by atoms with Gasteiger partial charge in [0.25, 0.3) is 0 Å². The Morgan fingerprint density at radius 1 is 1.26 bits per heavy atom. The van der Waals surface area contributed by atoms with Crippen LogP contribution in [0.25, 0.3) is 0 Å². The molecule has 2 amide bonds. The van der Waals surface area contributed by atoms with Gasteiger partial charge >= 0.3 is 0 Å². The van der Waals surface area contributed by atoms with Crippen LogP contribution in [0.3, 0.4) is 0 Å². The molecule has 1 atom stereocenters. The Morgan fingerprint density at radius 3 is 2.32 bits per heavy atom. The molecular weight excluding hydrogens is 244 g/mol. The fourth-order valence-electron chi connectivity index (χ4n) is 2.17. The lowest BCUT2D eigenvalue weighted by molar-refractivity contribution is -0.145. The van der Waals surface area contributed by atoms with Crippen molar-refractivity contribution < 1.29 is 14.7 Å². The van der Waals surface area contributed by atoms with Crippen molar-refractivity contribution in [3.63, 3.8) is 0 Å². The monoisotopic (exact) mass is 270 g/mol. The van der Waals surface area contributed by atoms with Crippen molar-refractivity contribution in [1.82, 2.24) is 10.2 Å². The Labute approximate surface area is 115 Å². The Balaban J connectivity index is 2.77. The quantitative estimate of drug-likeness (QED) is 0.801. The zero-order chi connectivity index (χ0) is 14.8. The van der Waals surface area contributed by atoms with Crippen molar-refractivity contribution in [2.24, 2.45) is 5.41 Å². The highest BCUT2D eigenvalue weighted by Gasteiger charge is 2.39. The van der Waals surface area contributed by atoms with Crippen LogP contribution in [0.2, 0.25) is 0 Å². The van der Waals surface area contributed by atoms with Crippen molar-refractivity contribution in [2.75, 3.05) is 13.2 Å². The first-order valence-electron chi connectivity index (χ1n) is 6.82. The van der Waals surface area contributed by atoms with Crippen LogP contribution in [-0.2, 0) is 9.59 Å². The van der Waals surface area contributed by atoms with Gasteiger partial charge in [0.1, 0.15) is 6.04 Å². The Kier molecular flexibility index (Phi) is 4.61. The highest BCUT2D eigenvalue weighted by atomic mass is 16.3. The number of hydrogen-bond acceptors (Lipinski definition) is 3. The molecule has 0 aromatic carbocycles. The molecule has 1 fully saturated rings.